The summed E-state index contributed by atoms with van der Waals surface area (Å²) in [7, 11) is 0. The SMILES string of the molecule is CC(C)Oc1nc(N)nc(Nc2cc(C#N)ccc2Cl)n1. The first-order valence-corrected chi connectivity index (χ1v) is 6.50. The van der Waals surface area contributed by atoms with E-state index in [2.05, 4.69) is 20.3 Å². The summed E-state index contributed by atoms with van der Waals surface area (Å²) in [5.74, 6) is 0.214. The molecule has 1 aromatic carbocycles. The van der Waals surface area contributed by atoms with Gasteiger partial charge in [-0.2, -0.15) is 20.2 Å². The largest absolute Gasteiger partial charge is 0.461 e. The zero-order valence-corrected chi connectivity index (χ0v) is 12.2. The monoisotopic (exact) mass is 304 g/mol. The highest BCUT2D eigenvalue weighted by molar-refractivity contribution is 6.33. The van der Waals surface area contributed by atoms with Crippen molar-refractivity contribution in [2.45, 2.75) is 20.0 Å². The van der Waals surface area contributed by atoms with Gasteiger partial charge in [0.25, 0.3) is 0 Å². The lowest BCUT2D eigenvalue weighted by Gasteiger charge is -2.11. The Morgan fingerprint density at radius 3 is 2.76 bits per heavy atom. The van der Waals surface area contributed by atoms with Crippen molar-refractivity contribution in [1.29, 1.82) is 5.26 Å². The van der Waals surface area contributed by atoms with E-state index in [0.717, 1.165) is 0 Å². The molecule has 0 aliphatic carbocycles. The van der Waals surface area contributed by atoms with Crippen molar-refractivity contribution in [1.82, 2.24) is 15.0 Å². The Balaban J connectivity index is 2.31. The third-order valence-corrected chi connectivity index (χ3v) is 2.64. The first-order chi connectivity index (χ1) is 9.97. The number of halogens is 1. The van der Waals surface area contributed by atoms with Crippen LogP contribution in [0.15, 0.2) is 18.2 Å². The van der Waals surface area contributed by atoms with Gasteiger partial charge in [0, 0.05) is 0 Å². The van der Waals surface area contributed by atoms with Crippen molar-refractivity contribution in [3.05, 3.63) is 28.8 Å². The molecule has 0 aliphatic rings. The lowest BCUT2D eigenvalue weighted by molar-refractivity contribution is 0.222. The number of ether oxygens (including phenoxy) is 1. The highest BCUT2D eigenvalue weighted by Gasteiger charge is 2.09. The second kappa shape index (κ2) is 6.24. The number of benzene rings is 1. The second-order valence-corrected chi connectivity index (χ2v) is 4.81. The normalized spacial score (nSPS) is 10.2. The van der Waals surface area contributed by atoms with Crippen LogP contribution in [0.5, 0.6) is 6.01 Å². The van der Waals surface area contributed by atoms with Crippen molar-refractivity contribution in [3.63, 3.8) is 0 Å². The van der Waals surface area contributed by atoms with Crippen molar-refractivity contribution in [2.75, 3.05) is 11.1 Å². The molecule has 0 saturated heterocycles. The van der Waals surface area contributed by atoms with Crippen LogP contribution in [0.4, 0.5) is 17.6 Å². The van der Waals surface area contributed by atoms with Gasteiger partial charge in [-0.15, -0.1) is 0 Å². The van der Waals surface area contributed by atoms with E-state index in [0.29, 0.717) is 16.3 Å². The van der Waals surface area contributed by atoms with Crippen LogP contribution in [0.2, 0.25) is 5.02 Å². The van der Waals surface area contributed by atoms with E-state index in [-0.39, 0.29) is 24.0 Å². The predicted molar refractivity (Wildman–Crippen MR) is 79.5 cm³/mol. The molecule has 0 bridgehead atoms. The average molecular weight is 305 g/mol. The van der Waals surface area contributed by atoms with E-state index in [1.54, 1.807) is 18.2 Å². The fourth-order valence-corrected chi connectivity index (χ4v) is 1.67. The molecule has 0 unspecified atom stereocenters. The van der Waals surface area contributed by atoms with E-state index < -0.39 is 0 Å². The summed E-state index contributed by atoms with van der Waals surface area (Å²) in [5, 5.41) is 12.2. The molecule has 1 aromatic heterocycles. The predicted octanol–water partition coefficient (Wildman–Crippen LogP) is 2.51. The van der Waals surface area contributed by atoms with Gasteiger partial charge in [-0.3, -0.25) is 0 Å². The van der Waals surface area contributed by atoms with Crippen molar-refractivity contribution in [2.24, 2.45) is 0 Å². The number of nitrogens with two attached hydrogens (primary N) is 1. The number of aromatic nitrogens is 3. The van der Waals surface area contributed by atoms with Gasteiger partial charge in [0.2, 0.25) is 11.9 Å². The van der Waals surface area contributed by atoms with Crippen molar-refractivity contribution in [3.8, 4) is 12.1 Å². The minimum absolute atomic E-state index is 0.0238. The van der Waals surface area contributed by atoms with E-state index in [4.69, 9.17) is 27.3 Å². The summed E-state index contributed by atoms with van der Waals surface area (Å²) >= 11 is 6.06. The molecule has 21 heavy (non-hydrogen) atoms. The Kier molecular flexibility index (Phi) is 4.40. The van der Waals surface area contributed by atoms with Crippen LogP contribution in [-0.2, 0) is 0 Å². The van der Waals surface area contributed by atoms with Gasteiger partial charge in [-0.1, -0.05) is 11.6 Å². The van der Waals surface area contributed by atoms with Crippen LogP contribution in [0.3, 0.4) is 0 Å². The molecule has 0 spiro atoms. The molecule has 0 saturated carbocycles. The molecule has 0 amide bonds. The standard InChI is InChI=1S/C13H13ClN6O/c1-7(2)21-13-19-11(16)18-12(20-13)17-10-5-8(6-15)3-4-9(10)14/h3-5,7H,1-2H3,(H3,16,17,18,19,20). The van der Waals surface area contributed by atoms with Gasteiger partial charge in [-0.25, -0.2) is 0 Å². The Labute approximate surface area is 126 Å². The number of hydrogen-bond donors (Lipinski definition) is 2. The van der Waals surface area contributed by atoms with Crippen LogP contribution in [0, 0.1) is 11.3 Å². The molecule has 0 fully saturated rings. The number of anilines is 3. The summed E-state index contributed by atoms with van der Waals surface area (Å²) in [5.41, 5.74) is 6.57. The second-order valence-electron chi connectivity index (χ2n) is 4.40. The molecule has 2 aromatic rings. The number of rotatable bonds is 4. The molecule has 0 radical (unpaired) electrons. The quantitative estimate of drug-likeness (QED) is 0.892. The number of nitrogen functional groups attached to an aromatic ring is 1. The van der Waals surface area contributed by atoms with Gasteiger partial charge in [0.1, 0.15) is 0 Å². The van der Waals surface area contributed by atoms with Gasteiger partial charge >= 0.3 is 6.01 Å². The van der Waals surface area contributed by atoms with Crippen LogP contribution in [0.1, 0.15) is 19.4 Å². The maximum absolute atomic E-state index is 8.90. The Hall–Kier alpha value is -2.59. The summed E-state index contributed by atoms with van der Waals surface area (Å²) < 4.78 is 5.38. The van der Waals surface area contributed by atoms with Crippen LogP contribution < -0.4 is 15.8 Å². The zero-order valence-electron chi connectivity index (χ0n) is 11.5. The molecule has 0 aliphatic heterocycles. The van der Waals surface area contributed by atoms with E-state index >= 15 is 0 Å². The van der Waals surface area contributed by atoms with E-state index in [1.807, 2.05) is 19.9 Å². The Morgan fingerprint density at radius 2 is 2.10 bits per heavy atom. The molecule has 2 rings (SSSR count). The first-order valence-electron chi connectivity index (χ1n) is 6.13. The summed E-state index contributed by atoms with van der Waals surface area (Å²) in [6, 6.07) is 6.96. The summed E-state index contributed by atoms with van der Waals surface area (Å²) in [6.45, 7) is 3.70. The van der Waals surface area contributed by atoms with Gasteiger partial charge in [-0.05, 0) is 32.0 Å². The number of nitriles is 1. The van der Waals surface area contributed by atoms with Crippen molar-refractivity contribution >= 4 is 29.2 Å². The van der Waals surface area contributed by atoms with E-state index in [1.165, 1.54) is 0 Å². The molecular formula is C13H13ClN6O. The lowest BCUT2D eigenvalue weighted by Crippen LogP contribution is -2.11. The number of hydrogen-bond acceptors (Lipinski definition) is 7. The minimum atomic E-state index is -0.0924. The summed E-state index contributed by atoms with van der Waals surface area (Å²) in [6.07, 6.45) is -0.0924. The van der Waals surface area contributed by atoms with Gasteiger partial charge < -0.3 is 15.8 Å². The molecule has 1 heterocycles. The van der Waals surface area contributed by atoms with Crippen LogP contribution >= 0.6 is 11.6 Å². The van der Waals surface area contributed by atoms with E-state index in [9.17, 15) is 0 Å². The smallest absolute Gasteiger partial charge is 0.323 e. The molecule has 3 N–H and O–H groups in total. The Morgan fingerprint density at radius 1 is 1.33 bits per heavy atom. The fraction of sp³-hybridized carbons (Fsp3) is 0.231. The minimum Gasteiger partial charge on any atom is -0.461 e. The molecule has 0 atom stereocenters. The third-order valence-electron chi connectivity index (χ3n) is 2.32. The summed E-state index contributed by atoms with van der Waals surface area (Å²) in [4.78, 5) is 11.9. The van der Waals surface area contributed by atoms with Crippen LogP contribution in [0.25, 0.3) is 0 Å². The molecule has 7 nitrogen and oxygen atoms in total. The molecular weight excluding hydrogens is 292 g/mol. The molecule has 108 valence electrons. The number of nitrogens with zero attached hydrogens (tertiary/aromatic N) is 4. The number of nitrogens with one attached hydrogen (secondary N) is 1. The Bertz CT molecular complexity index is 698. The highest BCUT2D eigenvalue weighted by Crippen LogP contribution is 2.25. The van der Waals surface area contributed by atoms with Gasteiger partial charge in [0.05, 0.1) is 28.4 Å². The average Bonchev–Trinajstić information content (AvgIpc) is 2.39. The molecule has 8 heteroatoms. The maximum Gasteiger partial charge on any atom is 0.323 e. The van der Waals surface area contributed by atoms with Crippen LogP contribution in [-0.4, -0.2) is 21.1 Å². The maximum atomic E-state index is 8.90. The topological polar surface area (TPSA) is 110 Å². The van der Waals surface area contributed by atoms with Gasteiger partial charge in [0.15, 0.2) is 0 Å². The lowest BCUT2D eigenvalue weighted by atomic mass is 10.2. The first kappa shape index (κ1) is 14.8. The zero-order chi connectivity index (χ0) is 15.4. The fourth-order valence-electron chi connectivity index (χ4n) is 1.50. The third kappa shape index (κ3) is 3.94. The van der Waals surface area contributed by atoms with Crippen molar-refractivity contribution < 1.29 is 4.74 Å². The highest BCUT2D eigenvalue weighted by atomic mass is 35.5.